The van der Waals surface area contributed by atoms with Crippen molar-refractivity contribution in [3.8, 4) is 0 Å². The summed E-state index contributed by atoms with van der Waals surface area (Å²) in [5.41, 5.74) is 1.18. The lowest BCUT2D eigenvalue weighted by Gasteiger charge is -2.41. The first kappa shape index (κ1) is 25.9. The maximum absolute atomic E-state index is 11.5. The molecule has 0 aliphatic heterocycles. The van der Waals surface area contributed by atoms with Crippen molar-refractivity contribution in [2.75, 3.05) is 0 Å². The van der Waals surface area contributed by atoms with Crippen molar-refractivity contribution >= 4 is 0 Å². The lowest BCUT2D eigenvalue weighted by molar-refractivity contribution is -0.0454. The van der Waals surface area contributed by atoms with E-state index in [1.54, 1.807) is 0 Å². The summed E-state index contributed by atoms with van der Waals surface area (Å²) in [7, 11) is 0. The number of aliphatic hydroxyl groups is 2. The maximum Gasteiger partial charge on any atom is 0.0803 e. The van der Waals surface area contributed by atoms with Crippen LogP contribution >= 0.6 is 0 Å². The summed E-state index contributed by atoms with van der Waals surface area (Å²) in [6, 6.07) is 0. The first-order valence-corrected chi connectivity index (χ1v) is 13.0. The van der Waals surface area contributed by atoms with Crippen LogP contribution in [-0.4, -0.2) is 34.6 Å². The minimum atomic E-state index is -0.491. The number of rotatable bonds is 11. The predicted molar refractivity (Wildman–Crippen MR) is 126 cm³/mol. The van der Waals surface area contributed by atoms with Crippen molar-refractivity contribution in [1.82, 2.24) is 0 Å². The molecule has 0 bridgehead atoms. The maximum atomic E-state index is 11.5. The van der Waals surface area contributed by atoms with Crippen molar-refractivity contribution < 1.29 is 14.9 Å². The van der Waals surface area contributed by atoms with Gasteiger partial charge in [-0.1, -0.05) is 53.0 Å². The van der Waals surface area contributed by atoms with Crippen LogP contribution < -0.4 is 0 Å². The van der Waals surface area contributed by atoms with Gasteiger partial charge in [-0.3, -0.25) is 0 Å². The van der Waals surface area contributed by atoms with Gasteiger partial charge in [0.1, 0.15) is 0 Å². The van der Waals surface area contributed by atoms with Crippen molar-refractivity contribution in [1.29, 1.82) is 0 Å². The van der Waals surface area contributed by atoms with Crippen LogP contribution in [0.3, 0.4) is 0 Å². The number of hydrogen-bond acceptors (Lipinski definition) is 3. The highest BCUT2D eigenvalue weighted by atomic mass is 16.5. The molecule has 0 aromatic carbocycles. The third-order valence-electron chi connectivity index (χ3n) is 8.16. The summed E-state index contributed by atoms with van der Waals surface area (Å²) < 4.78 is 6.08. The molecule has 0 amide bonds. The van der Waals surface area contributed by atoms with Gasteiger partial charge in [0.05, 0.1) is 24.4 Å². The predicted octanol–water partition coefficient (Wildman–Crippen LogP) is 6.52. The van der Waals surface area contributed by atoms with E-state index >= 15 is 0 Å². The van der Waals surface area contributed by atoms with E-state index < -0.39 is 12.2 Å². The van der Waals surface area contributed by atoms with Gasteiger partial charge in [-0.05, 0) is 88.0 Å². The number of allylic oxidation sites excluding steroid dienone is 1. The second-order valence-corrected chi connectivity index (χ2v) is 10.7. The van der Waals surface area contributed by atoms with Gasteiger partial charge in [0.25, 0.3) is 0 Å². The summed E-state index contributed by atoms with van der Waals surface area (Å²) in [4.78, 5) is 0. The molecule has 30 heavy (non-hydrogen) atoms. The van der Waals surface area contributed by atoms with Crippen LogP contribution in [0, 0.1) is 29.6 Å². The molecule has 8 unspecified atom stereocenters. The van der Waals surface area contributed by atoms with Crippen molar-refractivity contribution in [2.45, 2.75) is 130 Å². The van der Waals surface area contributed by atoms with Crippen LogP contribution in [-0.2, 0) is 4.74 Å². The Morgan fingerprint density at radius 1 is 1.03 bits per heavy atom. The minimum absolute atomic E-state index is 0.0451. The Kier molecular flexibility index (Phi) is 10.9. The van der Waals surface area contributed by atoms with Gasteiger partial charge in [0, 0.05) is 5.92 Å². The first-order valence-electron chi connectivity index (χ1n) is 13.0. The molecule has 0 radical (unpaired) electrons. The van der Waals surface area contributed by atoms with E-state index in [2.05, 4.69) is 47.6 Å². The van der Waals surface area contributed by atoms with Crippen LogP contribution in [0.1, 0.15) is 106 Å². The molecule has 8 atom stereocenters. The van der Waals surface area contributed by atoms with Gasteiger partial charge in [-0.25, -0.2) is 0 Å². The van der Waals surface area contributed by atoms with Crippen LogP contribution in [0.4, 0.5) is 0 Å². The van der Waals surface area contributed by atoms with Gasteiger partial charge in [-0.2, -0.15) is 0 Å². The van der Waals surface area contributed by atoms with E-state index in [0.717, 1.165) is 44.9 Å². The summed E-state index contributed by atoms with van der Waals surface area (Å²) in [5, 5.41) is 22.7. The number of ether oxygens (including phenoxy) is 1. The highest BCUT2D eigenvalue weighted by Crippen LogP contribution is 2.41. The second kappa shape index (κ2) is 12.6. The normalized spacial score (nSPS) is 31.8. The molecule has 2 N–H and O–H groups in total. The molecular weight excluding hydrogens is 372 g/mol. The van der Waals surface area contributed by atoms with E-state index in [4.69, 9.17) is 4.74 Å². The quantitative estimate of drug-likeness (QED) is 0.373. The Labute approximate surface area is 186 Å². The third kappa shape index (κ3) is 7.07. The topological polar surface area (TPSA) is 49.7 Å². The molecule has 0 aromatic heterocycles. The lowest BCUT2D eigenvalue weighted by Crippen LogP contribution is -2.42. The van der Waals surface area contributed by atoms with Gasteiger partial charge in [0.2, 0.25) is 0 Å². The zero-order valence-electron chi connectivity index (χ0n) is 20.6. The van der Waals surface area contributed by atoms with E-state index in [1.165, 1.54) is 24.8 Å². The second-order valence-electron chi connectivity index (χ2n) is 10.7. The smallest absolute Gasteiger partial charge is 0.0803 e. The molecule has 0 aromatic rings. The molecule has 0 spiro atoms. The number of hydrogen-bond donors (Lipinski definition) is 2. The Morgan fingerprint density at radius 3 is 2.33 bits per heavy atom. The van der Waals surface area contributed by atoms with Crippen LogP contribution in [0.25, 0.3) is 0 Å². The Bertz CT molecular complexity index is 514. The Balaban J connectivity index is 2.03. The molecule has 1 saturated carbocycles. The summed E-state index contributed by atoms with van der Waals surface area (Å²) in [6.45, 7) is 13.2. The van der Waals surface area contributed by atoms with Crippen molar-refractivity contribution in [2.24, 2.45) is 29.6 Å². The molecule has 1 fully saturated rings. The van der Waals surface area contributed by atoms with Gasteiger partial charge < -0.3 is 14.9 Å². The SMILES string of the molecule is CCC(CCC1CCCCC1C(O)C(CC)C(O)C1=CCC(C)C(C)C1)OC(C)C. The van der Waals surface area contributed by atoms with E-state index in [9.17, 15) is 10.2 Å². The largest absolute Gasteiger partial charge is 0.392 e. The summed E-state index contributed by atoms with van der Waals surface area (Å²) >= 11 is 0. The monoisotopic (exact) mass is 422 g/mol. The number of aliphatic hydroxyl groups excluding tert-OH is 2. The van der Waals surface area contributed by atoms with Crippen LogP contribution in [0.15, 0.2) is 11.6 Å². The molecule has 2 rings (SSSR count). The van der Waals surface area contributed by atoms with Gasteiger partial charge >= 0.3 is 0 Å². The Morgan fingerprint density at radius 2 is 1.73 bits per heavy atom. The first-order chi connectivity index (χ1) is 14.3. The fraction of sp³-hybridized carbons (Fsp3) is 0.926. The lowest BCUT2D eigenvalue weighted by atomic mass is 9.68. The molecule has 2 aliphatic carbocycles. The summed E-state index contributed by atoms with van der Waals surface area (Å²) in [6.07, 6.45) is 12.9. The molecule has 3 heteroatoms. The average molecular weight is 423 g/mol. The third-order valence-corrected chi connectivity index (χ3v) is 8.16. The van der Waals surface area contributed by atoms with E-state index in [0.29, 0.717) is 29.8 Å². The van der Waals surface area contributed by atoms with Crippen LogP contribution in [0.2, 0.25) is 0 Å². The van der Waals surface area contributed by atoms with Gasteiger partial charge in [0.15, 0.2) is 0 Å². The molecule has 0 saturated heterocycles. The highest BCUT2D eigenvalue weighted by Gasteiger charge is 2.38. The molecule has 3 nitrogen and oxygen atoms in total. The van der Waals surface area contributed by atoms with Crippen molar-refractivity contribution in [3.63, 3.8) is 0 Å². The molecule has 2 aliphatic rings. The van der Waals surface area contributed by atoms with Crippen molar-refractivity contribution in [3.05, 3.63) is 11.6 Å². The highest BCUT2D eigenvalue weighted by molar-refractivity contribution is 5.15. The Hall–Kier alpha value is -0.380. The minimum Gasteiger partial charge on any atom is -0.392 e. The summed E-state index contributed by atoms with van der Waals surface area (Å²) in [5.74, 6) is 2.13. The van der Waals surface area contributed by atoms with E-state index in [-0.39, 0.29) is 12.0 Å². The fourth-order valence-corrected chi connectivity index (χ4v) is 5.91. The fourth-order valence-electron chi connectivity index (χ4n) is 5.91. The zero-order valence-corrected chi connectivity index (χ0v) is 20.6. The molecule has 176 valence electrons. The van der Waals surface area contributed by atoms with Gasteiger partial charge in [-0.15, -0.1) is 0 Å². The molecular formula is C27H50O3. The van der Waals surface area contributed by atoms with Crippen LogP contribution in [0.5, 0.6) is 0 Å². The molecule has 0 heterocycles. The standard InChI is InChI=1S/C27H50O3/c1-7-23(30-18(3)4)16-15-21-11-9-10-12-25(21)27(29)24(8-2)26(28)22-14-13-19(5)20(6)17-22/h14,18-21,23-29H,7-13,15-17H2,1-6H3. The average Bonchev–Trinajstić information content (AvgIpc) is 2.73. The van der Waals surface area contributed by atoms with E-state index in [1.807, 2.05) is 0 Å². The zero-order chi connectivity index (χ0) is 22.3.